The van der Waals surface area contributed by atoms with Crippen molar-refractivity contribution in [3.05, 3.63) is 79.9 Å². The van der Waals surface area contributed by atoms with Gasteiger partial charge in [-0.1, -0.05) is 58.5 Å². The number of furan rings is 1. The summed E-state index contributed by atoms with van der Waals surface area (Å²) in [6.45, 7) is 0.405. The van der Waals surface area contributed by atoms with E-state index in [1.807, 2.05) is 18.2 Å². The Hall–Kier alpha value is -1.65. The van der Waals surface area contributed by atoms with Crippen LogP contribution in [0.2, 0.25) is 20.1 Å². The van der Waals surface area contributed by atoms with Gasteiger partial charge >= 0.3 is 0 Å². The van der Waals surface area contributed by atoms with E-state index in [0.29, 0.717) is 38.2 Å². The van der Waals surface area contributed by atoms with Crippen LogP contribution in [0, 0.1) is 0 Å². The summed E-state index contributed by atoms with van der Waals surface area (Å²) >= 11 is 24.4. The molecule has 0 unspecified atom stereocenters. The average Bonchev–Trinajstić information content (AvgIpc) is 3.05. The maximum atomic E-state index is 6.20. The Balaban J connectivity index is 1.67. The fourth-order valence-electron chi connectivity index (χ4n) is 2.20. The first-order valence-corrected chi connectivity index (χ1v) is 8.80. The molecule has 3 rings (SSSR count). The van der Waals surface area contributed by atoms with Crippen molar-refractivity contribution >= 4 is 52.6 Å². The molecule has 1 N–H and O–H groups in total. The third kappa shape index (κ3) is 4.31. The molecule has 0 aliphatic carbocycles. The van der Waals surface area contributed by atoms with Crippen molar-refractivity contribution in [3.63, 3.8) is 0 Å². The maximum Gasteiger partial charge on any atom is 0.147 e. The molecule has 3 nitrogen and oxygen atoms in total. The molecule has 2 aromatic carbocycles. The molecular formula is C18H12Cl4N2O. The first kappa shape index (κ1) is 18.2. The van der Waals surface area contributed by atoms with Gasteiger partial charge in [-0.25, -0.2) is 0 Å². The molecule has 0 spiro atoms. The van der Waals surface area contributed by atoms with E-state index in [2.05, 4.69) is 10.5 Å². The Morgan fingerprint density at radius 2 is 1.56 bits per heavy atom. The van der Waals surface area contributed by atoms with Gasteiger partial charge in [-0.3, -0.25) is 0 Å². The SMILES string of the molecule is Clc1cccc(-c2ccc(/C=N/NCc3c(Cl)cccc3Cl)o2)c1Cl. The molecule has 0 saturated heterocycles. The fraction of sp³-hybridized carbons (Fsp3) is 0.0556. The van der Waals surface area contributed by atoms with Crippen molar-refractivity contribution in [1.82, 2.24) is 5.43 Å². The van der Waals surface area contributed by atoms with E-state index in [0.717, 1.165) is 11.1 Å². The van der Waals surface area contributed by atoms with Crippen LogP contribution in [0.1, 0.15) is 11.3 Å². The highest BCUT2D eigenvalue weighted by molar-refractivity contribution is 6.43. The maximum absolute atomic E-state index is 6.20. The van der Waals surface area contributed by atoms with Crippen molar-refractivity contribution in [2.45, 2.75) is 6.54 Å². The van der Waals surface area contributed by atoms with Gasteiger partial charge in [-0.15, -0.1) is 0 Å². The highest BCUT2D eigenvalue weighted by Gasteiger charge is 2.10. The molecule has 1 aromatic heterocycles. The molecule has 0 aliphatic heterocycles. The molecule has 0 fully saturated rings. The number of benzene rings is 2. The highest BCUT2D eigenvalue weighted by Crippen LogP contribution is 2.34. The van der Waals surface area contributed by atoms with Gasteiger partial charge in [0.25, 0.3) is 0 Å². The summed E-state index contributed by atoms with van der Waals surface area (Å²) in [5.74, 6) is 1.19. The molecule has 0 aliphatic rings. The molecular weight excluding hydrogens is 402 g/mol. The Kier molecular flexibility index (Phi) is 5.92. The first-order chi connectivity index (χ1) is 12.1. The molecule has 7 heteroatoms. The van der Waals surface area contributed by atoms with E-state index in [-0.39, 0.29) is 0 Å². The van der Waals surface area contributed by atoms with Gasteiger partial charge in [0.2, 0.25) is 0 Å². The van der Waals surface area contributed by atoms with Crippen molar-refractivity contribution in [3.8, 4) is 11.3 Å². The van der Waals surface area contributed by atoms with Gasteiger partial charge in [0, 0.05) is 21.2 Å². The zero-order valence-electron chi connectivity index (χ0n) is 12.8. The minimum atomic E-state index is 0.405. The molecule has 25 heavy (non-hydrogen) atoms. The molecule has 0 atom stereocenters. The Morgan fingerprint density at radius 1 is 0.880 bits per heavy atom. The third-order valence-corrected chi connectivity index (χ3v) is 4.97. The van der Waals surface area contributed by atoms with Crippen LogP contribution in [0.3, 0.4) is 0 Å². The van der Waals surface area contributed by atoms with E-state index in [1.54, 1.807) is 36.5 Å². The minimum absolute atomic E-state index is 0.405. The second-order valence-electron chi connectivity index (χ2n) is 5.10. The second-order valence-corrected chi connectivity index (χ2v) is 6.70. The van der Waals surface area contributed by atoms with Gasteiger partial charge in [0.05, 0.1) is 22.8 Å². The summed E-state index contributed by atoms with van der Waals surface area (Å²) < 4.78 is 5.72. The van der Waals surface area contributed by atoms with Crippen molar-refractivity contribution in [2.75, 3.05) is 0 Å². The Morgan fingerprint density at radius 3 is 2.32 bits per heavy atom. The molecule has 0 saturated carbocycles. The summed E-state index contributed by atoms with van der Waals surface area (Å²) in [5.41, 5.74) is 4.41. The molecule has 0 radical (unpaired) electrons. The topological polar surface area (TPSA) is 37.5 Å². The summed E-state index contributed by atoms with van der Waals surface area (Å²) in [5, 5.41) is 6.23. The van der Waals surface area contributed by atoms with Crippen LogP contribution < -0.4 is 5.43 Å². The van der Waals surface area contributed by atoms with Crippen molar-refractivity contribution in [1.29, 1.82) is 0 Å². The predicted octanol–water partition coefficient (Wildman–Crippen LogP) is 6.68. The van der Waals surface area contributed by atoms with E-state index >= 15 is 0 Å². The van der Waals surface area contributed by atoms with E-state index in [1.165, 1.54) is 0 Å². The number of nitrogens with zero attached hydrogens (tertiary/aromatic N) is 1. The lowest BCUT2D eigenvalue weighted by molar-refractivity contribution is 0.573. The summed E-state index contributed by atoms with van der Waals surface area (Å²) in [7, 11) is 0. The summed E-state index contributed by atoms with van der Waals surface area (Å²) in [6.07, 6.45) is 1.56. The van der Waals surface area contributed by atoms with Gasteiger partial charge in [0.1, 0.15) is 11.5 Å². The standard InChI is InChI=1S/C18H12Cl4N2O/c19-14-4-2-5-15(20)13(14)10-24-23-9-11-7-8-17(25-11)12-3-1-6-16(21)18(12)22/h1-9,24H,10H2/b23-9+. The lowest BCUT2D eigenvalue weighted by Crippen LogP contribution is -2.06. The number of hydrogen-bond donors (Lipinski definition) is 1. The van der Waals surface area contributed by atoms with Crippen molar-refractivity contribution < 1.29 is 4.42 Å². The van der Waals surface area contributed by atoms with Gasteiger partial charge in [0.15, 0.2) is 0 Å². The van der Waals surface area contributed by atoms with E-state index in [9.17, 15) is 0 Å². The smallest absolute Gasteiger partial charge is 0.147 e. The zero-order chi connectivity index (χ0) is 17.8. The van der Waals surface area contributed by atoms with Gasteiger partial charge < -0.3 is 9.84 Å². The Bertz CT molecular complexity index is 901. The first-order valence-electron chi connectivity index (χ1n) is 7.29. The molecule has 0 amide bonds. The fourth-order valence-corrected chi connectivity index (χ4v) is 3.12. The van der Waals surface area contributed by atoms with Gasteiger partial charge in [-0.05, 0) is 36.4 Å². The van der Waals surface area contributed by atoms with Crippen LogP contribution in [-0.2, 0) is 6.54 Å². The van der Waals surface area contributed by atoms with Crippen LogP contribution in [0.5, 0.6) is 0 Å². The number of halogens is 4. The lowest BCUT2D eigenvalue weighted by atomic mass is 10.2. The van der Waals surface area contributed by atoms with Crippen LogP contribution in [-0.4, -0.2) is 6.21 Å². The van der Waals surface area contributed by atoms with Crippen LogP contribution >= 0.6 is 46.4 Å². The van der Waals surface area contributed by atoms with Crippen molar-refractivity contribution in [2.24, 2.45) is 5.10 Å². The van der Waals surface area contributed by atoms with Crippen LogP contribution in [0.25, 0.3) is 11.3 Å². The molecule has 128 valence electrons. The summed E-state index contributed by atoms with van der Waals surface area (Å²) in [6, 6.07) is 14.3. The van der Waals surface area contributed by atoms with Crippen LogP contribution in [0.4, 0.5) is 0 Å². The normalized spacial score (nSPS) is 11.2. The molecule has 3 aromatic rings. The summed E-state index contributed by atoms with van der Waals surface area (Å²) in [4.78, 5) is 0. The predicted molar refractivity (Wildman–Crippen MR) is 105 cm³/mol. The zero-order valence-corrected chi connectivity index (χ0v) is 15.8. The largest absolute Gasteiger partial charge is 0.455 e. The van der Waals surface area contributed by atoms with Crippen LogP contribution in [0.15, 0.2) is 58.0 Å². The Labute approximate surface area is 165 Å². The number of hydrogen-bond acceptors (Lipinski definition) is 3. The third-order valence-electron chi connectivity index (χ3n) is 3.44. The number of hydrazone groups is 1. The van der Waals surface area contributed by atoms with E-state index in [4.69, 9.17) is 50.8 Å². The molecule has 0 bridgehead atoms. The quantitative estimate of drug-likeness (QED) is 0.374. The van der Waals surface area contributed by atoms with Gasteiger partial charge in [-0.2, -0.15) is 5.10 Å². The lowest BCUT2D eigenvalue weighted by Gasteiger charge is -2.05. The monoisotopic (exact) mass is 412 g/mol. The second kappa shape index (κ2) is 8.15. The highest BCUT2D eigenvalue weighted by atomic mass is 35.5. The minimum Gasteiger partial charge on any atom is -0.455 e. The number of rotatable bonds is 5. The van der Waals surface area contributed by atoms with E-state index < -0.39 is 0 Å². The average molecular weight is 414 g/mol. The number of nitrogens with one attached hydrogen (secondary N) is 1. The molecule has 1 heterocycles.